The minimum atomic E-state index is -0.154. The number of amides is 1. The van der Waals surface area contributed by atoms with Crippen molar-refractivity contribution in [1.82, 2.24) is 25.1 Å². The highest BCUT2D eigenvalue weighted by Crippen LogP contribution is 2.14. The first-order valence-electron chi connectivity index (χ1n) is 5.93. The molecule has 0 bridgehead atoms. The molecule has 2 heterocycles. The van der Waals surface area contributed by atoms with Crippen molar-refractivity contribution in [2.75, 3.05) is 0 Å². The van der Waals surface area contributed by atoms with Crippen molar-refractivity contribution >= 4 is 16.8 Å². The second-order valence-electron chi connectivity index (χ2n) is 4.31. The molecule has 6 heteroatoms. The lowest BCUT2D eigenvalue weighted by Gasteiger charge is -2.02. The molecule has 1 aromatic carbocycles. The molecule has 0 saturated heterocycles. The van der Waals surface area contributed by atoms with Gasteiger partial charge in [-0.15, -0.1) is 10.2 Å². The second kappa shape index (κ2) is 4.56. The van der Waals surface area contributed by atoms with E-state index < -0.39 is 0 Å². The number of nitrogens with zero attached hydrogens (tertiary/aromatic N) is 3. The van der Waals surface area contributed by atoms with E-state index in [4.69, 9.17) is 0 Å². The van der Waals surface area contributed by atoms with Crippen molar-refractivity contribution < 1.29 is 4.79 Å². The van der Waals surface area contributed by atoms with E-state index in [-0.39, 0.29) is 5.91 Å². The highest BCUT2D eigenvalue weighted by Gasteiger charge is 2.10. The van der Waals surface area contributed by atoms with Crippen molar-refractivity contribution in [1.29, 1.82) is 0 Å². The fourth-order valence-corrected chi connectivity index (χ4v) is 1.92. The Morgan fingerprint density at radius 1 is 1.42 bits per heavy atom. The Bertz CT molecular complexity index is 694. The van der Waals surface area contributed by atoms with E-state index in [0.29, 0.717) is 18.1 Å². The first-order valence-corrected chi connectivity index (χ1v) is 5.93. The summed E-state index contributed by atoms with van der Waals surface area (Å²) in [6.07, 6.45) is 1.60. The van der Waals surface area contributed by atoms with Gasteiger partial charge in [0.15, 0.2) is 5.82 Å². The molecule has 6 nitrogen and oxygen atoms in total. The molecular weight excluding hydrogens is 242 g/mol. The third-order valence-corrected chi connectivity index (χ3v) is 2.99. The molecule has 0 unspecified atom stereocenters. The molecular formula is C13H13N5O. The zero-order valence-corrected chi connectivity index (χ0v) is 10.4. The summed E-state index contributed by atoms with van der Waals surface area (Å²) in [7, 11) is 1.84. The maximum absolute atomic E-state index is 12.0. The number of hydrogen-bond donors (Lipinski definition) is 2. The Morgan fingerprint density at radius 2 is 2.26 bits per heavy atom. The van der Waals surface area contributed by atoms with Gasteiger partial charge < -0.3 is 14.9 Å². The van der Waals surface area contributed by atoms with Gasteiger partial charge in [0.25, 0.3) is 5.91 Å². The molecule has 1 amide bonds. The fourth-order valence-electron chi connectivity index (χ4n) is 1.92. The SMILES string of the molecule is Cn1cnnc1CNC(=O)c1cc2ccccc2[nH]1. The van der Waals surface area contributed by atoms with Gasteiger partial charge in [0, 0.05) is 18.0 Å². The van der Waals surface area contributed by atoms with Gasteiger partial charge in [-0.25, -0.2) is 0 Å². The number of aromatic amines is 1. The minimum absolute atomic E-state index is 0.154. The smallest absolute Gasteiger partial charge is 0.268 e. The number of aromatic nitrogens is 4. The number of hydrogen-bond acceptors (Lipinski definition) is 3. The van der Waals surface area contributed by atoms with Gasteiger partial charge in [0.05, 0.1) is 6.54 Å². The van der Waals surface area contributed by atoms with Crippen LogP contribution in [0.2, 0.25) is 0 Å². The summed E-state index contributed by atoms with van der Waals surface area (Å²) in [5.74, 6) is 0.559. The molecule has 0 atom stereocenters. The summed E-state index contributed by atoms with van der Waals surface area (Å²) >= 11 is 0. The van der Waals surface area contributed by atoms with Gasteiger partial charge in [-0.3, -0.25) is 4.79 Å². The lowest BCUT2D eigenvalue weighted by molar-refractivity contribution is 0.0945. The van der Waals surface area contributed by atoms with Crippen molar-refractivity contribution in [2.45, 2.75) is 6.54 Å². The predicted octanol–water partition coefficient (Wildman–Crippen LogP) is 1.23. The molecule has 2 N–H and O–H groups in total. The maximum atomic E-state index is 12.0. The fraction of sp³-hybridized carbons (Fsp3) is 0.154. The number of carbonyl (C=O) groups excluding carboxylic acids is 1. The zero-order chi connectivity index (χ0) is 13.2. The molecule has 0 saturated carbocycles. The number of aryl methyl sites for hydroxylation is 1. The van der Waals surface area contributed by atoms with Gasteiger partial charge in [-0.2, -0.15) is 0 Å². The van der Waals surface area contributed by atoms with Gasteiger partial charge in [-0.05, 0) is 12.1 Å². The summed E-state index contributed by atoms with van der Waals surface area (Å²) in [6.45, 7) is 0.352. The predicted molar refractivity (Wildman–Crippen MR) is 70.5 cm³/mol. The van der Waals surface area contributed by atoms with Crippen molar-refractivity contribution in [3.8, 4) is 0 Å². The molecule has 3 rings (SSSR count). The Kier molecular flexibility index (Phi) is 2.75. The standard InChI is InChI=1S/C13H13N5O/c1-18-8-15-17-12(18)7-14-13(19)11-6-9-4-2-3-5-10(9)16-11/h2-6,8,16H,7H2,1H3,(H,14,19). The molecule has 0 aliphatic rings. The highest BCUT2D eigenvalue weighted by atomic mass is 16.1. The average molecular weight is 255 g/mol. The van der Waals surface area contributed by atoms with E-state index in [1.54, 1.807) is 10.9 Å². The molecule has 0 aliphatic heterocycles. The quantitative estimate of drug-likeness (QED) is 0.739. The van der Waals surface area contributed by atoms with E-state index in [9.17, 15) is 4.79 Å². The lowest BCUT2D eigenvalue weighted by atomic mass is 10.2. The number of para-hydroxylation sites is 1. The molecule has 0 aliphatic carbocycles. The number of fused-ring (bicyclic) bond motifs is 1. The Morgan fingerprint density at radius 3 is 3.00 bits per heavy atom. The number of carbonyl (C=O) groups is 1. The minimum Gasteiger partial charge on any atom is -0.351 e. The molecule has 19 heavy (non-hydrogen) atoms. The number of nitrogens with one attached hydrogen (secondary N) is 2. The lowest BCUT2D eigenvalue weighted by Crippen LogP contribution is -2.24. The van der Waals surface area contributed by atoms with Crippen LogP contribution in [0.15, 0.2) is 36.7 Å². The van der Waals surface area contributed by atoms with Crippen LogP contribution in [0.5, 0.6) is 0 Å². The van der Waals surface area contributed by atoms with Crippen LogP contribution in [0, 0.1) is 0 Å². The molecule has 2 aromatic heterocycles. The number of benzene rings is 1. The molecule has 96 valence electrons. The molecule has 0 radical (unpaired) electrons. The van der Waals surface area contributed by atoms with E-state index in [1.165, 1.54) is 0 Å². The van der Waals surface area contributed by atoms with Crippen LogP contribution in [0.3, 0.4) is 0 Å². The average Bonchev–Trinajstić information content (AvgIpc) is 3.01. The van der Waals surface area contributed by atoms with Gasteiger partial charge in [0.1, 0.15) is 12.0 Å². The third-order valence-electron chi connectivity index (χ3n) is 2.99. The third kappa shape index (κ3) is 2.20. The Balaban J connectivity index is 1.75. The summed E-state index contributed by atoms with van der Waals surface area (Å²) < 4.78 is 1.77. The van der Waals surface area contributed by atoms with Gasteiger partial charge >= 0.3 is 0 Å². The van der Waals surface area contributed by atoms with Crippen LogP contribution in [0.1, 0.15) is 16.3 Å². The van der Waals surface area contributed by atoms with E-state index >= 15 is 0 Å². The Labute approximate surface area is 109 Å². The van der Waals surface area contributed by atoms with Crippen LogP contribution in [-0.2, 0) is 13.6 Å². The number of rotatable bonds is 3. The molecule has 3 aromatic rings. The normalized spacial score (nSPS) is 10.8. The zero-order valence-electron chi connectivity index (χ0n) is 10.4. The van der Waals surface area contributed by atoms with Crippen LogP contribution >= 0.6 is 0 Å². The van der Waals surface area contributed by atoms with Gasteiger partial charge in [0.2, 0.25) is 0 Å². The van der Waals surface area contributed by atoms with Crippen LogP contribution < -0.4 is 5.32 Å². The second-order valence-corrected chi connectivity index (χ2v) is 4.31. The van der Waals surface area contributed by atoms with Crippen LogP contribution in [0.4, 0.5) is 0 Å². The maximum Gasteiger partial charge on any atom is 0.268 e. The topological polar surface area (TPSA) is 75.6 Å². The monoisotopic (exact) mass is 255 g/mol. The van der Waals surface area contributed by atoms with Crippen molar-refractivity contribution in [3.05, 3.63) is 48.2 Å². The van der Waals surface area contributed by atoms with Crippen molar-refractivity contribution in [3.63, 3.8) is 0 Å². The summed E-state index contributed by atoms with van der Waals surface area (Å²) in [5, 5.41) is 11.5. The van der Waals surface area contributed by atoms with Crippen LogP contribution in [0.25, 0.3) is 10.9 Å². The van der Waals surface area contributed by atoms with Gasteiger partial charge in [-0.1, -0.05) is 18.2 Å². The molecule has 0 fully saturated rings. The summed E-state index contributed by atoms with van der Waals surface area (Å²) in [5.41, 5.74) is 1.50. The first kappa shape index (κ1) is 11.5. The summed E-state index contributed by atoms with van der Waals surface area (Å²) in [6, 6.07) is 9.61. The number of H-pyrrole nitrogens is 1. The molecule has 0 spiro atoms. The van der Waals surface area contributed by atoms with E-state index in [1.807, 2.05) is 37.4 Å². The van der Waals surface area contributed by atoms with Crippen LogP contribution in [-0.4, -0.2) is 25.7 Å². The first-order chi connectivity index (χ1) is 9.24. The van der Waals surface area contributed by atoms with Crippen molar-refractivity contribution in [2.24, 2.45) is 7.05 Å². The largest absolute Gasteiger partial charge is 0.351 e. The van der Waals surface area contributed by atoms with E-state index in [2.05, 4.69) is 20.5 Å². The summed E-state index contributed by atoms with van der Waals surface area (Å²) in [4.78, 5) is 15.1. The highest BCUT2D eigenvalue weighted by molar-refractivity contribution is 5.97. The van der Waals surface area contributed by atoms with E-state index in [0.717, 1.165) is 10.9 Å². The Hall–Kier alpha value is -2.63.